The third-order valence-electron chi connectivity index (χ3n) is 2.83. The van der Waals surface area contributed by atoms with Gasteiger partial charge in [-0.15, -0.1) is 11.6 Å². The number of imidazole rings is 1. The summed E-state index contributed by atoms with van der Waals surface area (Å²) >= 11 is 5.77. The van der Waals surface area contributed by atoms with Crippen molar-refractivity contribution in [2.75, 3.05) is 19.1 Å². The first-order valence-corrected chi connectivity index (χ1v) is 6.90. The highest BCUT2D eigenvalue weighted by Gasteiger charge is 2.12. The lowest BCUT2D eigenvalue weighted by Gasteiger charge is -2.08. The van der Waals surface area contributed by atoms with Crippen molar-refractivity contribution in [3.63, 3.8) is 0 Å². The Balaban J connectivity index is 2.19. The molecule has 0 radical (unpaired) electrons. The average Bonchev–Trinajstić information content (AvgIpc) is 2.72. The van der Waals surface area contributed by atoms with Gasteiger partial charge in [0.05, 0.1) is 6.61 Å². The number of aryl methyl sites for hydroxylation is 2. The summed E-state index contributed by atoms with van der Waals surface area (Å²) in [4.78, 5) is 8.92. The number of hydrogen-bond acceptors (Lipinski definition) is 3. The highest BCUT2D eigenvalue weighted by molar-refractivity contribution is 6.17. The number of halogens is 3. The predicted octanol–water partition coefficient (Wildman–Crippen LogP) is 2.80. The average molecular weight is 304 g/mol. The Morgan fingerprint density at radius 1 is 1.35 bits per heavy atom. The van der Waals surface area contributed by atoms with Crippen LogP contribution in [0.4, 0.5) is 8.78 Å². The number of fused-ring (bicyclic) bond motifs is 1. The van der Waals surface area contributed by atoms with Gasteiger partial charge in [-0.25, -0.2) is 18.7 Å². The zero-order valence-electron chi connectivity index (χ0n) is 11.2. The van der Waals surface area contributed by atoms with Crippen LogP contribution in [0.25, 0.3) is 11.2 Å². The molecule has 0 saturated carbocycles. The number of hydrogen-bond donors (Lipinski definition) is 0. The van der Waals surface area contributed by atoms with Crippen LogP contribution in [-0.4, -0.2) is 40.1 Å². The van der Waals surface area contributed by atoms with E-state index < -0.39 is 13.0 Å². The maximum atomic E-state index is 12.0. The highest BCUT2D eigenvalue weighted by Crippen LogP contribution is 2.15. The van der Waals surface area contributed by atoms with Crippen molar-refractivity contribution in [3.8, 4) is 0 Å². The topological polar surface area (TPSA) is 39.9 Å². The summed E-state index contributed by atoms with van der Waals surface area (Å²) in [5.74, 6) is 1.24. The maximum absolute atomic E-state index is 12.0. The van der Waals surface area contributed by atoms with E-state index in [4.69, 9.17) is 16.3 Å². The second-order valence-corrected chi connectivity index (χ2v) is 4.76. The molecular weight excluding hydrogens is 288 g/mol. The molecule has 2 rings (SSSR count). The Kier molecular flexibility index (Phi) is 5.25. The lowest BCUT2D eigenvalue weighted by atomic mass is 10.3. The highest BCUT2D eigenvalue weighted by atomic mass is 35.5. The summed E-state index contributed by atoms with van der Waals surface area (Å²) in [5, 5.41) is 0. The van der Waals surface area contributed by atoms with Crippen LogP contribution in [-0.2, 0) is 17.7 Å². The second-order valence-electron chi connectivity index (χ2n) is 4.38. The molecule has 7 heteroatoms. The first-order valence-electron chi connectivity index (χ1n) is 6.36. The Hall–Kier alpha value is -1.27. The standard InChI is InChI=1S/C13H16ClF2N3O/c1-9-2-3-10-13(17-9)19(12(18-10)4-5-14)6-7-20-8-11(15)16/h2-3,11H,4-8H2,1H3. The van der Waals surface area contributed by atoms with Crippen molar-refractivity contribution in [2.24, 2.45) is 0 Å². The van der Waals surface area contributed by atoms with Crippen molar-refractivity contribution in [1.82, 2.24) is 14.5 Å². The molecule has 0 saturated heterocycles. The van der Waals surface area contributed by atoms with Gasteiger partial charge in [-0.3, -0.25) is 0 Å². The molecule has 0 aliphatic heterocycles. The fraction of sp³-hybridized carbons (Fsp3) is 0.538. The van der Waals surface area contributed by atoms with E-state index in [1.807, 2.05) is 23.6 Å². The molecule has 0 aliphatic rings. The molecule has 0 N–H and O–H groups in total. The van der Waals surface area contributed by atoms with Gasteiger partial charge in [0.15, 0.2) is 5.65 Å². The monoisotopic (exact) mass is 303 g/mol. The van der Waals surface area contributed by atoms with Crippen LogP contribution in [0.15, 0.2) is 12.1 Å². The van der Waals surface area contributed by atoms with Gasteiger partial charge in [-0.05, 0) is 19.1 Å². The molecule has 110 valence electrons. The third-order valence-corrected chi connectivity index (χ3v) is 3.02. The zero-order chi connectivity index (χ0) is 14.5. The predicted molar refractivity (Wildman–Crippen MR) is 73.5 cm³/mol. The first kappa shape index (κ1) is 15.1. The summed E-state index contributed by atoms with van der Waals surface area (Å²) in [5.41, 5.74) is 2.40. The minimum atomic E-state index is -2.45. The molecule has 0 spiro atoms. The van der Waals surface area contributed by atoms with E-state index in [2.05, 4.69) is 9.97 Å². The smallest absolute Gasteiger partial charge is 0.261 e. The molecule has 0 aliphatic carbocycles. The van der Waals surface area contributed by atoms with E-state index in [0.29, 0.717) is 18.8 Å². The van der Waals surface area contributed by atoms with E-state index >= 15 is 0 Å². The van der Waals surface area contributed by atoms with Gasteiger partial charge in [0.2, 0.25) is 0 Å². The Labute approximate surface area is 120 Å². The quantitative estimate of drug-likeness (QED) is 0.583. The number of aromatic nitrogens is 3. The number of ether oxygens (including phenoxy) is 1. The summed E-state index contributed by atoms with van der Waals surface area (Å²) in [6, 6.07) is 3.78. The van der Waals surface area contributed by atoms with Crippen molar-refractivity contribution in [1.29, 1.82) is 0 Å². The first-order chi connectivity index (χ1) is 9.61. The second kappa shape index (κ2) is 6.95. The molecule has 0 bridgehead atoms. The Morgan fingerprint density at radius 2 is 2.15 bits per heavy atom. The fourth-order valence-corrected chi connectivity index (χ4v) is 2.15. The van der Waals surface area contributed by atoms with E-state index in [-0.39, 0.29) is 6.61 Å². The van der Waals surface area contributed by atoms with Crippen LogP contribution < -0.4 is 0 Å². The Morgan fingerprint density at radius 3 is 2.85 bits per heavy atom. The SMILES string of the molecule is Cc1ccc2nc(CCCl)n(CCOCC(F)F)c2n1. The van der Waals surface area contributed by atoms with Gasteiger partial charge in [0.25, 0.3) is 6.43 Å². The maximum Gasteiger partial charge on any atom is 0.261 e. The van der Waals surface area contributed by atoms with Crippen LogP contribution in [0.5, 0.6) is 0 Å². The van der Waals surface area contributed by atoms with Crippen molar-refractivity contribution < 1.29 is 13.5 Å². The number of rotatable bonds is 7. The summed E-state index contributed by atoms with van der Waals surface area (Å²) in [6.45, 7) is 1.97. The van der Waals surface area contributed by atoms with Crippen LogP contribution in [0.3, 0.4) is 0 Å². The van der Waals surface area contributed by atoms with E-state index in [1.165, 1.54) is 0 Å². The van der Waals surface area contributed by atoms with Gasteiger partial charge < -0.3 is 9.30 Å². The normalized spacial score (nSPS) is 11.7. The lowest BCUT2D eigenvalue weighted by molar-refractivity contribution is 0.0148. The number of pyridine rings is 1. The van der Waals surface area contributed by atoms with Crippen LogP contribution in [0.1, 0.15) is 11.5 Å². The lowest BCUT2D eigenvalue weighted by Crippen LogP contribution is -2.13. The number of alkyl halides is 3. The van der Waals surface area contributed by atoms with Crippen molar-refractivity contribution in [3.05, 3.63) is 23.7 Å². The molecule has 0 atom stereocenters. The minimum Gasteiger partial charge on any atom is -0.374 e. The molecule has 0 amide bonds. The fourth-order valence-electron chi connectivity index (χ4n) is 1.98. The van der Waals surface area contributed by atoms with Gasteiger partial charge in [-0.2, -0.15) is 0 Å². The van der Waals surface area contributed by atoms with Gasteiger partial charge in [-0.1, -0.05) is 0 Å². The largest absolute Gasteiger partial charge is 0.374 e. The Bertz CT molecular complexity index is 574. The van der Waals surface area contributed by atoms with E-state index in [1.54, 1.807) is 0 Å². The zero-order valence-corrected chi connectivity index (χ0v) is 11.9. The summed E-state index contributed by atoms with van der Waals surface area (Å²) in [6.07, 6.45) is -1.84. The molecule has 2 heterocycles. The van der Waals surface area contributed by atoms with Crippen LogP contribution >= 0.6 is 11.6 Å². The minimum absolute atomic E-state index is 0.195. The van der Waals surface area contributed by atoms with Gasteiger partial charge >= 0.3 is 0 Å². The summed E-state index contributed by atoms with van der Waals surface area (Å²) in [7, 11) is 0. The molecule has 4 nitrogen and oxygen atoms in total. The van der Waals surface area contributed by atoms with Gasteiger partial charge in [0.1, 0.15) is 17.9 Å². The summed E-state index contributed by atoms with van der Waals surface area (Å²) < 4.78 is 30.9. The molecule has 0 fully saturated rings. The molecule has 0 unspecified atom stereocenters. The number of nitrogens with zero attached hydrogens (tertiary/aromatic N) is 3. The van der Waals surface area contributed by atoms with Crippen molar-refractivity contribution >= 4 is 22.8 Å². The molecule has 20 heavy (non-hydrogen) atoms. The molecule has 0 aromatic carbocycles. The third kappa shape index (κ3) is 3.64. The van der Waals surface area contributed by atoms with E-state index in [9.17, 15) is 8.78 Å². The van der Waals surface area contributed by atoms with Gasteiger partial charge in [0, 0.05) is 24.5 Å². The van der Waals surface area contributed by atoms with E-state index in [0.717, 1.165) is 22.7 Å². The van der Waals surface area contributed by atoms with Crippen LogP contribution in [0, 0.1) is 6.92 Å². The van der Waals surface area contributed by atoms with Crippen molar-refractivity contribution in [2.45, 2.75) is 26.3 Å². The molecule has 2 aromatic heterocycles. The van der Waals surface area contributed by atoms with Crippen LogP contribution in [0.2, 0.25) is 0 Å². The molecular formula is C13H16ClF2N3O. The molecule has 2 aromatic rings.